The molecule has 2 rings (SSSR count). The summed E-state index contributed by atoms with van der Waals surface area (Å²) in [5, 5.41) is 0. The highest BCUT2D eigenvalue weighted by Gasteiger charge is 2.05. The van der Waals surface area contributed by atoms with Crippen molar-refractivity contribution in [3.63, 3.8) is 0 Å². The quantitative estimate of drug-likeness (QED) is 0.872. The van der Waals surface area contributed by atoms with Gasteiger partial charge in [-0.2, -0.15) is 0 Å². The van der Waals surface area contributed by atoms with E-state index in [1.54, 1.807) is 0 Å². The molecule has 0 saturated heterocycles. The maximum absolute atomic E-state index is 5.82. The van der Waals surface area contributed by atoms with E-state index in [9.17, 15) is 0 Å². The van der Waals surface area contributed by atoms with Gasteiger partial charge in [0.1, 0.15) is 12.4 Å². The molecular weight excluding hydrogens is 258 g/mol. The Hall–Kier alpha value is -2.24. The second-order valence-corrected chi connectivity index (χ2v) is 5.05. The van der Waals surface area contributed by atoms with Crippen molar-refractivity contribution in [1.29, 1.82) is 0 Å². The molecule has 0 radical (unpaired) electrons. The number of aryl methyl sites for hydroxylation is 2. The first-order chi connectivity index (χ1) is 10.2. The van der Waals surface area contributed by atoms with E-state index in [-0.39, 0.29) is 0 Å². The van der Waals surface area contributed by atoms with E-state index in [0.717, 1.165) is 28.9 Å². The highest BCUT2D eigenvalue weighted by molar-refractivity contribution is 5.44. The van der Waals surface area contributed by atoms with Crippen molar-refractivity contribution in [2.75, 3.05) is 13.2 Å². The second kappa shape index (κ2) is 7.52. The Labute approximate surface area is 126 Å². The first-order valence-electron chi connectivity index (χ1n) is 7.17. The molecule has 2 heteroatoms. The number of benzene rings is 2. The summed E-state index contributed by atoms with van der Waals surface area (Å²) in [4.78, 5) is 0. The predicted octanol–water partition coefficient (Wildman–Crippen LogP) is 3.24. The SMILES string of the molecule is Cc1cc(CCN)cc(C)c1OCC#Cc1ccccc1. The summed E-state index contributed by atoms with van der Waals surface area (Å²) in [5.74, 6) is 7.07. The third-order valence-electron chi connectivity index (χ3n) is 3.25. The molecule has 0 aromatic heterocycles. The molecule has 0 heterocycles. The van der Waals surface area contributed by atoms with Crippen LogP contribution in [-0.2, 0) is 6.42 Å². The van der Waals surface area contributed by atoms with Crippen LogP contribution in [0.1, 0.15) is 22.3 Å². The molecule has 0 aliphatic carbocycles. The minimum atomic E-state index is 0.396. The predicted molar refractivity (Wildman–Crippen MR) is 87.5 cm³/mol. The smallest absolute Gasteiger partial charge is 0.149 e. The molecule has 0 fully saturated rings. The van der Waals surface area contributed by atoms with Crippen LogP contribution in [0.3, 0.4) is 0 Å². The molecule has 0 unspecified atom stereocenters. The van der Waals surface area contributed by atoms with Crippen LogP contribution in [0.2, 0.25) is 0 Å². The fourth-order valence-electron chi connectivity index (χ4n) is 2.35. The molecule has 2 aromatic rings. The van der Waals surface area contributed by atoms with Crippen molar-refractivity contribution >= 4 is 0 Å². The number of hydrogen-bond acceptors (Lipinski definition) is 2. The van der Waals surface area contributed by atoms with Gasteiger partial charge in [-0.05, 0) is 55.6 Å². The fraction of sp³-hybridized carbons (Fsp3) is 0.263. The number of nitrogens with two attached hydrogens (primary N) is 1. The van der Waals surface area contributed by atoms with E-state index >= 15 is 0 Å². The van der Waals surface area contributed by atoms with Crippen molar-refractivity contribution in [1.82, 2.24) is 0 Å². The average Bonchev–Trinajstić information content (AvgIpc) is 2.47. The van der Waals surface area contributed by atoms with Crippen LogP contribution in [0.25, 0.3) is 0 Å². The first-order valence-corrected chi connectivity index (χ1v) is 7.17. The van der Waals surface area contributed by atoms with Gasteiger partial charge in [-0.3, -0.25) is 0 Å². The molecule has 0 aliphatic heterocycles. The molecule has 0 spiro atoms. The van der Waals surface area contributed by atoms with Crippen LogP contribution in [0, 0.1) is 25.7 Å². The van der Waals surface area contributed by atoms with Crippen LogP contribution in [0.5, 0.6) is 5.75 Å². The minimum Gasteiger partial charge on any atom is -0.480 e. The summed E-state index contributed by atoms with van der Waals surface area (Å²) in [5.41, 5.74) is 10.1. The van der Waals surface area contributed by atoms with Gasteiger partial charge in [-0.15, -0.1) is 0 Å². The molecule has 0 amide bonds. The maximum atomic E-state index is 5.82. The summed E-state index contributed by atoms with van der Waals surface area (Å²) >= 11 is 0. The van der Waals surface area contributed by atoms with E-state index in [0.29, 0.717) is 13.2 Å². The molecule has 108 valence electrons. The molecule has 0 atom stereocenters. The number of rotatable bonds is 4. The largest absolute Gasteiger partial charge is 0.480 e. The minimum absolute atomic E-state index is 0.396. The van der Waals surface area contributed by atoms with Gasteiger partial charge < -0.3 is 10.5 Å². The van der Waals surface area contributed by atoms with Crippen molar-refractivity contribution in [2.24, 2.45) is 5.73 Å². The van der Waals surface area contributed by atoms with E-state index < -0.39 is 0 Å². The Bertz CT molecular complexity index is 627. The van der Waals surface area contributed by atoms with Crippen molar-refractivity contribution in [2.45, 2.75) is 20.3 Å². The van der Waals surface area contributed by atoms with Crippen molar-refractivity contribution in [3.8, 4) is 17.6 Å². The molecule has 0 aliphatic rings. The standard InChI is InChI=1S/C19H21NO/c1-15-13-18(10-11-20)14-16(2)19(15)21-12-6-9-17-7-4-3-5-8-17/h3-5,7-8,13-14H,10-12,20H2,1-2H3. The van der Waals surface area contributed by atoms with Gasteiger partial charge >= 0.3 is 0 Å². The molecule has 0 saturated carbocycles. The van der Waals surface area contributed by atoms with Crippen LogP contribution in [0.15, 0.2) is 42.5 Å². The lowest BCUT2D eigenvalue weighted by molar-refractivity contribution is 0.365. The third-order valence-corrected chi connectivity index (χ3v) is 3.25. The van der Waals surface area contributed by atoms with Gasteiger partial charge in [-0.1, -0.05) is 42.2 Å². The van der Waals surface area contributed by atoms with E-state index in [1.165, 1.54) is 5.56 Å². The molecule has 21 heavy (non-hydrogen) atoms. The summed E-state index contributed by atoms with van der Waals surface area (Å²) in [7, 11) is 0. The van der Waals surface area contributed by atoms with Crippen molar-refractivity contribution in [3.05, 3.63) is 64.7 Å². The summed E-state index contributed by atoms with van der Waals surface area (Å²) < 4.78 is 5.82. The zero-order chi connectivity index (χ0) is 15.1. The highest BCUT2D eigenvalue weighted by atomic mass is 16.5. The topological polar surface area (TPSA) is 35.2 Å². The Morgan fingerprint density at radius 3 is 2.33 bits per heavy atom. The fourth-order valence-corrected chi connectivity index (χ4v) is 2.35. The molecule has 2 aromatic carbocycles. The number of ether oxygens (including phenoxy) is 1. The average molecular weight is 279 g/mol. The zero-order valence-electron chi connectivity index (χ0n) is 12.6. The Kier molecular flexibility index (Phi) is 5.43. The highest BCUT2D eigenvalue weighted by Crippen LogP contribution is 2.24. The lowest BCUT2D eigenvalue weighted by Crippen LogP contribution is -2.05. The molecular formula is C19H21NO. The maximum Gasteiger partial charge on any atom is 0.149 e. The Morgan fingerprint density at radius 2 is 1.71 bits per heavy atom. The third kappa shape index (κ3) is 4.37. The van der Waals surface area contributed by atoms with Crippen LogP contribution >= 0.6 is 0 Å². The Morgan fingerprint density at radius 1 is 1.05 bits per heavy atom. The van der Waals surface area contributed by atoms with Gasteiger partial charge in [-0.25, -0.2) is 0 Å². The lowest BCUT2D eigenvalue weighted by Gasteiger charge is -2.12. The van der Waals surface area contributed by atoms with Gasteiger partial charge in [0.2, 0.25) is 0 Å². The monoisotopic (exact) mass is 279 g/mol. The van der Waals surface area contributed by atoms with E-state index in [4.69, 9.17) is 10.5 Å². The molecule has 2 nitrogen and oxygen atoms in total. The summed E-state index contributed by atoms with van der Waals surface area (Å²) in [6, 6.07) is 14.2. The van der Waals surface area contributed by atoms with Gasteiger partial charge in [0.05, 0.1) is 0 Å². The first kappa shape index (κ1) is 15.2. The summed E-state index contributed by atoms with van der Waals surface area (Å²) in [6.45, 7) is 5.19. The van der Waals surface area contributed by atoms with Crippen LogP contribution < -0.4 is 10.5 Å². The number of hydrogen-bond donors (Lipinski definition) is 1. The van der Waals surface area contributed by atoms with Gasteiger partial charge in [0.25, 0.3) is 0 Å². The lowest BCUT2D eigenvalue weighted by atomic mass is 10.0. The van der Waals surface area contributed by atoms with E-state index in [2.05, 4.69) is 37.8 Å². The normalized spacial score (nSPS) is 9.86. The van der Waals surface area contributed by atoms with Gasteiger partial charge in [0.15, 0.2) is 0 Å². The van der Waals surface area contributed by atoms with Crippen LogP contribution in [0.4, 0.5) is 0 Å². The van der Waals surface area contributed by atoms with Gasteiger partial charge in [0, 0.05) is 5.56 Å². The van der Waals surface area contributed by atoms with E-state index in [1.807, 2.05) is 30.3 Å². The second-order valence-electron chi connectivity index (χ2n) is 5.05. The Balaban J connectivity index is 2.02. The molecule has 0 bridgehead atoms. The summed E-state index contributed by atoms with van der Waals surface area (Å²) in [6.07, 6.45) is 0.899. The van der Waals surface area contributed by atoms with Crippen molar-refractivity contribution < 1.29 is 4.74 Å². The van der Waals surface area contributed by atoms with Crippen LogP contribution in [-0.4, -0.2) is 13.2 Å². The molecule has 2 N–H and O–H groups in total. The zero-order valence-corrected chi connectivity index (χ0v) is 12.6.